The van der Waals surface area contributed by atoms with Crippen LogP contribution < -0.4 is 5.43 Å². The molecular weight excluding hydrogens is 238 g/mol. The largest absolute Gasteiger partial charge is 0.376 e. The molecule has 4 heteroatoms. The SMILES string of the molecule is Cc1ccc(Cl)c2c(=O)c3c([nH]c12)CCOC3. The third kappa shape index (κ3) is 1.58. The molecule has 88 valence electrons. The Kier molecular flexibility index (Phi) is 2.45. The zero-order chi connectivity index (χ0) is 12.0. The number of H-pyrrole nitrogens is 1. The van der Waals surface area contributed by atoms with Gasteiger partial charge in [0.2, 0.25) is 0 Å². The fraction of sp³-hybridized carbons (Fsp3) is 0.308. The Balaban J connectivity index is 2.48. The fourth-order valence-electron chi connectivity index (χ4n) is 2.29. The third-order valence-electron chi connectivity index (χ3n) is 3.25. The zero-order valence-electron chi connectivity index (χ0n) is 9.47. The van der Waals surface area contributed by atoms with Gasteiger partial charge in [0.15, 0.2) is 5.43 Å². The normalized spacial score (nSPS) is 14.9. The summed E-state index contributed by atoms with van der Waals surface area (Å²) in [4.78, 5) is 15.7. The second-order valence-electron chi connectivity index (χ2n) is 4.33. The van der Waals surface area contributed by atoms with E-state index in [0.29, 0.717) is 23.6 Å². The highest BCUT2D eigenvalue weighted by molar-refractivity contribution is 6.35. The summed E-state index contributed by atoms with van der Waals surface area (Å²) in [5.74, 6) is 0. The van der Waals surface area contributed by atoms with Crippen molar-refractivity contribution in [2.45, 2.75) is 20.0 Å². The van der Waals surface area contributed by atoms with E-state index in [-0.39, 0.29) is 5.43 Å². The van der Waals surface area contributed by atoms with E-state index in [1.165, 1.54) is 0 Å². The molecule has 0 spiro atoms. The van der Waals surface area contributed by atoms with Crippen molar-refractivity contribution in [3.63, 3.8) is 0 Å². The van der Waals surface area contributed by atoms with E-state index in [2.05, 4.69) is 4.98 Å². The molecule has 0 saturated heterocycles. The Morgan fingerprint density at radius 2 is 2.24 bits per heavy atom. The predicted molar refractivity (Wildman–Crippen MR) is 67.7 cm³/mol. The highest BCUT2D eigenvalue weighted by Crippen LogP contribution is 2.24. The van der Waals surface area contributed by atoms with Gasteiger partial charge in [-0.3, -0.25) is 4.79 Å². The van der Waals surface area contributed by atoms with E-state index in [1.807, 2.05) is 13.0 Å². The maximum atomic E-state index is 12.4. The highest BCUT2D eigenvalue weighted by atomic mass is 35.5. The molecule has 1 N–H and O–H groups in total. The van der Waals surface area contributed by atoms with Crippen molar-refractivity contribution in [2.75, 3.05) is 6.61 Å². The number of nitrogens with one attached hydrogen (secondary N) is 1. The molecule has 1 aliphatic heterocycles. The fourth-order valence-corrected chi connectivity index (χ4v) is 2.54. The first-order chi connectivity index (χ1) is 8.18. The number of hydrogen-bond donors (Lipinski definition) is 1. The summed E-state index contributed by atoms with van der Waals surface area (Å²) in [5.41, 5.74) is 3.59. The van der Waals surface area contributed by atoms with E-state index >= 15 is 0 Å². The maximum Gasteiger partial charge on any atom is 0.196 e. The molecule has 0 fully saturated rings. The minimum atomic E-state index is 0.00199. The van der Waals surface area contributed by atoms with E-state index in [9.17, 15) is 4.79 Å². The minimum absolute atomic E-state index is 0.00199. The zero-order valence-corrected chi connectivity index (χ0v) is 10.2. The number of ether oxygens (including phenoxy) is 1. The number of aromatic nitrogens is 1. The summed E-state index contributed by atoms with van der Waals surface area (Å²) in [5, 5.41) is 1.08. The standard InChI is InChI=1S/C13H12ClNO2/c1-7-2-3-9(14)11-12(7)15-10-4-5-17-6-8(10)13(11)16/h2-3H,4-6H2,1H3,(H,15,16). The Hall–Kier alpha value is -1.32. The number of aryl methyl sites for hydroxylation is 1. The van der Waals surface area contributed by atoms with Crippen LogP contribution in [0.25, 0.3) is 10.9 Å². The van der Waals surface area contributed by atoms with Gasteiger partial charge < -0.3 is 9.72 Å². The van der Waals surface area contributed by atoms with Gasteiger partial charge in [-0.15, -0.1) is 0 Å². The topological polar surface area (TPSA) is 42.1 Å². The summed E-state index contributed by atoms with van der Waals surface area (Å²) >= 11 is 6.12. The van der Waals surface area contributed by atoms with Gasteiger partial charge in [-0.2, -0.15) is 0 Å². The Morgan fingerprint density at radius 3 is 3.06 bits per heavy atom. The summed E-state index contributed by atoms with van der Waals surface area (Å²) < 4.78 is 5.33. The van der Waals surface area contributed by atoms with Crippen molar-refractivity contribution in [2.24, 2.45) is 0 Å². The molecule has 2 heterocycles. The second kappa shape index (κ2) is 3.86. The van der Waals surface area contributed by atoms with Crippen molar-refractivity contribution < 1.29 is 4.74 Å². The van der Waals surface area contributed by atoms with E-state index < -0.39 is 0 Å². The van der Waals surface area contributed by atoms with Crippen LogP contribution in [0.4, 0.5) is 0 Å². The third-order valence-corrected chi connectivity index (χ3v) is 3.56. The average Bonchev–Trinajstić information content (AvgIpc) is 2.34. The van der Waals surface area contributed by atoms with E-state index in [0.717, 1.165) is 28.8 Å². The van der Waals surface area contributed by atoms with E-state index in [4.69, 9.17) is 16.3 Å². The maximum absolute atomic E-state index is 12.4. The number of pyridine rings is 1. The quantitative estimate of drug-likeness (QED) is 0.780. The molecule has 0 aliphatic carbocycles. The molecule has 17 heavy (non-hydrogen) atoms. The molecule has 1 aliphatic rings. The van der Waals surface area contributed by atoms with Crippen molar-refractivity contribution in [3.05, 3.63) is 44.2 Å². The van der Waals surface area contributed by atoms with Crippen LogP contribution in [0.15, 0.2) is 16.9 Å². The van der Waals surface area contributed by atoms with E-state index in [1.54, 1.807) is 6.07 Å². The van der Waals surface area contributed by atoms with Crippen molar-refractivity contribution in [1.82, 2.24) is 4.98 Å². The molecule has 1 aromatic heterocycles. The molecule has 3 nitrogen and oxygen atoms in total. The van der Waals surface area contributed by atoms with Gasteiger partial charge in [0.25, 0.3) is 0 Å². The summed E-state index contributed by atoms with van der Waals surface area (Å²) in [6.07, 6.45) is 0.756. The van der Waals surface area contributed by atoms with Crippen molar-refractivity contribution in [1.29, 1.82) is 0 Å². The Morgan fingerprint density at radius 1 is 1.41 bits per heavy atom. The molecular formula is C13H12ClNO2. The van der Waals surface area contributed by atoms with Crippen LogP contribution in [0.3, 0.4) is 0 Å². The van der Waals surface area contributed by atoms with Crippen LogP contribution in [-0.4, -0.2) is 11.6 Å². The van der Waals surface area contributed by atoms with Crippen LogP contribution >= 0.6 is 11.6 Å². The lowest BCUT2D eigenvalue weighted by Crippen LogP contribution is -2.22. The van der Waals surface area contributed by atoms with Crippen LogP contribution in [0.1, 0.15) is 16.8 Å². The predicted octanol–water partition coefficient (Wildman–Crippen LogP) is 2.56. The van der Waals surface area contributed by atoms with Crippen molar-refractivity contribution >= 4 is 22.5 Å². The van der Waals surface area contributed by atoms with Gasteiger partial charge >= 0.3 is 0 Å². The molecule has 0 radical (unpaired) electrons. The number of aromatic amines is 1. The van der Waals surface area contributed by atoms with Gasteiger partial charge in [0, 0.05) is 17.7 Å². The molecule has 0 amide bonds. The van der Waals surface area contributed by atoms with Gasteiger partial charge in [0.05, 0.1) is 29.1 Å². The Bertz CT molecular complexity index is 660. The smallest absolute Gasteiger partial charge is 0.196 e. The number of halogens is 1. The van der Waals surface area contributed by atoms with Gasteiger partial charge in [-0.1, -0.05) is 17.7 Å². The summed E-state index contributed by atoms with van der Waals surface area (Å²) in [6, 6.07) is 3.69. The lowest BCUT2D eigenvalue weighted by molar-refractivity contribution is 0.109. The van der Waals surface area contributed by atoms with Crippen molar-refractivity contribution in [3.8, 4) is 0 Å². The molecule has 3 rings (SSSR count). The molecule has 0 atom stereocenters. The van der Waals surface area contributed by atoms with Gasteiger partial charge in [0.1, 0.15) is 0 Å². The first-order valence-corrected chi connectivity index (χ1v) is 5.97. The molecule has 2 aromatic rings. The van der Waals surface area contributed by atoms with Crippen LogP contribution in [0.5, 0.6) is 0 Å². The number of fused-ring (bicyclic) bond motifs is 2. The number of benzene rings is 1. The minimum Gasteiger partial charge on any atom is -0.376 e. The first kappa shape index (κ1) is 10.8. The number of rotatable bonds is 0. The Labute approximate surface area is 103 Å². The van der Waals surface area contributed by atoms with Crippen LogP contribution in [0, 0.1) is 6.92 Å². The first-order valence-electron chi connectivity index (χ1n) is 5.59. The molecule has 1 aromatic carbocycles. The molecule has 0 unspecified atom stereocenters. The van der Waals surface area contributed by atoms with Crippen LogP contribution in [-0.2, 0) is 17.8 Å². The van der Waals surface area contributed by atoms with Gasteiger partial charge in [-0.25, -0.2) is 0 Å². The lowest BCUT2D eigenvalue weighted by atomic mass is 10.0. The van der Waals surface area contributed by atoms with Gasteiger partial charge in [-0.05, 0) is 18.6 Å². The highest BCUT2D eigenvalue weighted by Gasteiger charge is 2.18. The molecule has 0 saturated carbocycles. The number of hydrogen-bond acceptors (Lipinski definition) is 2. The summed E-state index contributed by atoms with van der Waals surface area (Å²) in [7, 11) is 0. The summed E-state index contributed by atoms with van der Waals surface area (Å²) in [6.45, 7) is 3.01. The average molecular weight is 250 g/mol. The second-order valence-corrected chi connectivity index (χ2v) is 4.74. The lowest BCUT2D eigenvalue weighted by Gasteiger charge is -2.17. The molecule has 0 bridgehead atoms. The van der Waals surface area contributed by atoms with Crippen LogP contribution in [0.2, 0.25) is 5.02 Å². The monoisotopic (exact) mass is 249 g/mol.